The molecule has 0 aliphatic carbocycles. The van der Waals surface area contributed by atoms with Gasteiger partial charge >= 0.3 is 5.97 Å². The zero-order valence-corrected chi connectivity index (χ0v) is 12.9. The molecule has 0 aliphatic heterocycles. The maximum absolute atomic E-state index is 12.6. The first kappa shape index (κ1) is 15.8. The predicted molar refractivity (Wildman–Crippen MR) is 85.4 cm³/mol. The fraction of sp³-hybridized carbons (Fsp3) is 0. The lowest BCUT2D eigenvalue weighted by atomic mass is 10.2. The van der Waals surface area contributed by atoms with Gasteiger partial charge in [-0.15, -0.1) is 0 Å². The molecule has 1 aromatic heterocycles. The van der Waals surface area contributed by atoms with Crippen molar-refractivity contribution in [2.24, 2.45) is 0 Å². The van der Waals surface area contributed by atoms with Gasteiger partial charge < -0.3 is 10.2 Å². The van der Waals surface area contributed by atoms with Crippen LogP contribution in [-0.2, 0) is 10.0 Å². The summed E-state index contributed by atoms with van der Waals surface area (Å²) in [5, 5.41) is 21.1. The molecule has 0 radical (unpaired) electrons. The molecular weight excluding hydrogens is 332 g/mol. The standard InChI is InChI=1S/C16H12N2O5S/c19-13-7-6-11(9-12(13)16(20)21)18-24(22,23)14-5-1-3-10-4-2-8-17-15(10)14/h1-9,18-19H,(H,20,21)/p-1. The normalized spacial score (nSPS) is 11.3. The summed E-state index contributed by atoms with van der Waals surface area (Å²) in [5.74, 6) is -2.12. The Morgan fingerprint density at radius 3 is 2.62 bits per heavy atom. The smallest absolute Gasteiger partial charge is 0.335 e. The highest BCUT2D eigenvalue weighted by atomic mass is 32.2. The second-order valence-electron chi connectivity index (χ2n) is 4.95. The maximum Gasteiger partial charge on any atom is 0.335 e. The number of hydrogen-bond donors (Lipinski definition) is 2. The Bertz CT molecular complexity index is 1040. The van der Waals surface area contributed by atoms with Crippen LogP contribution in [0.1, 0.15) is 10.4 Å². The lowest BCUT2D eigenvalue weighted by molar-refractivity contribution is -0.268. The molecule has 3 aromatic rings. The van der Waals surface area contributed by atoms with E-state index < -0.39 is 27.3 Å². The van der Waals surface area contributed by atoms with Crippen molar-refractivity contribution in [3.63, 3.8) is 0 Å². The fourth-order valence-corrected chi connectivity index (χ4v) is 3.49. The summed E-state index contributed by atoms with van der Waals surface area (Å²) in [6, 6.07) is 11.3. The van der Waals surface area contributed by atoms with Gasteiger partial charge in [-0.3, -0.25) is 9.71 Å². The molecule has 1 heterocycles. The monoisotopic (exact) mass is 343 g/mol. The number of fused-ring (bicyclic) bond motifs is 1. The lowest BCUT2D eigenvalue weighted by Crippen LogP contribution is -2.14. The van der Waals surface area contributed by atoms with E-state index in [-0.39, 0.29) is 10.6 Å². The first-order valence-electron chi connectivity index (χ1n) is 6.79. The molecule has 8 heteroatoms. The molecule has 3 rings (SSSR count). The quantitative estimate of drug-likeness (QED) is 0.745. The van der Waals surface area contributed by atoms with Gasteiger partial charge in [-0.1, -0.05) is 30.0 Å². The lowest BCUT2D eigenvalue weighted by Gasteiger charge is -2.14. The van der Waals surface area contributed by atoms with E-state index in [1.165, 1.54) is 18.3 Å². The topological polar surface area (TPSA) is 119 Å². The highest BCUT2D eigenvalue weighted by molar-refractivity contribution is 7.93. The molecule has 0 unspecified atom stereocenters. The van der Waals surface area contributed by atoms with Crippen molar-refractivity contribution < 1.29 is 23.4 Å². The molecule has 0 fully saturated rings. The van der Waals surface area contributed by atoms with Gasteiger partial charge in [0.1, 0.15) is 4.90 Å². The van der Waals surface area contributed by atoms with Crippen molar-refractivity contribution in [1.82, 2.24) is 4.98 Å². The van der Waals surface area contributed by atoms with Crippen LogP contribution in [0.3, 0.4) is 0 Å². The van der Waals surface area contributed by atoms with E-state index in [1.807, 2.05) is 0 Å². The number of carboxylic acids is 1. The van der Waals surface area contributed by atoms with Crippen LogP contribution in [0.2, 0.25) is 0 Å². The van der Waals surface area contributed by atoms with E-state index in [1.54, 1.807) is 24.3 Å². The van der Waals surface area contributed by atoms with Gasteiger partial charge in [-0.2, -0.15) is 0 Å². The molecule has 7 nitrogen and oxygen atoms in total. The molecule has 0 amide bonds. The molecule has 122 valence electrons. The molecule has 0 bridgehead atoms. The minimum absolute atomic E-state index is 0.0139. The average molecular weight is 343 g/mol. The number of carbonyl (C=O) groups is 1. The van der Waals surface area contributed by atoms with Crippen LogP contribution in [-0.4, -0.2) is 24.5 Å². The van der Waals surface area contributed by atoms with Gasteiger partial charge in [-0.25, -0.2) is 13.2 Å². The number of benzene rings is 2. The van der Waals surface area contributed by atoms with E-state index in [0.29, 0.717) is 10.9 Å². The van der Waals surface area contributed by atoms with Gasteiger partial charge in [0.15, 0.2) is 0 Å². The number of anilines is 1. The van der Waals surface area contributed by atoms with E-state index in [4.69, 9.17) is 5.11 Å². The third kappa shape index (κ3) is 2.86. The van der Waals surface area contributed by atoms with Crippen molar-refractivity contribution in [3.05, 3.63) is 60.3 Å². The second-order valence-corrected chi connectivity index (χ2v) is 6.60. The Balaban J connectivity index is 2.06. The van der Waals surface area contributed by atoms with Gasteiger partial charge in [0, 0.05) is 17.3 Å². The summed E-state index contributed by atoms with van der Waals surface area (Å²) in [6.45, 7) is 0. The van der Waals surface area contributed by atoms with Crippen molar-refractivity contribution in [1.29, 1.82) is 0 Å². The Morgan fingerprint density at radius 1 is 1.12 bits per heavy atom. The van der Waals surface area contributed by atoms with Crippen LogP contribution < -0.4 is 9.83 Å². The first-order valence-corrected chi connectivity index (χ1v) is 8.28. The summed E-state index contributed by atoms with van der Waals surface area (Å²) in [4.78, 5) is 15.0. The summed E-state index contributed by atoms with van der Waals surface area (Å²) in [5.41, 5.74) is -0.224. The second kappa shape index (κ2) is 5.82. The highest BCUT2D eigenvalue weighted by Gasteiger charge is 2.19. The molecular formula is C16H11N2O5S-. The maximum atomic E-state index is 12.6. The largest absolute Gasteiger partial charge is 0.872 e. The minimum atomic E-state index is -4.00. The third-order valence-corrected chi connectivity index (χ3v) is 4.76. The molecule has 24 heavy (non-hydrogen) atoms. The highest BCUT2D eigenvalue weighted by Crippen LogP contribution is 2.25. The number of para-hydroxylation sites is 1. The number of hydrogen-bond acceptors (Lipinski definition) is 5. The fourth-order valence-electron chi connectivity index (χ4n) is 2.26. The van der Waals surface area contributed by atoms with Crippen LogP contribution in [0.5, 0.6) is 5.75 Å². The Labute approximate surface area is 137 Å². The van der Waals surface area contributed by atoms with Crippen LogP contribution >= 0.6 is 0 Å². The molecule has 0 aliphatic rings. The molecule has 2 aromatic carbocycles. The summed E-state index contributed by atoms with van der Waals surface area (Å²) in [7, 11) is -4.00. The van der Waals surface area contributed by atoms with E-state index in [9.17, 15) is 18.3 Å². The summed E-state index contributed by atoms with van der Waals surface area (Å²) in [6.07, 6.45) is 1.48. The number of aromatic carboxylic acids is 1. The number of sulfonamides is 1. The molecule has 0 saturated carbocycles. The van der Waals surface area contributed by atoms with Gasteiger partial charge in [0.2, 0.25) is 0 Å². The number of nitrogens with one attached hydrogen (secondary N) is 1. The summed E-state index contributed by atoms with van der Waals surface area (Å²) >= 11 is 0. The van der Waals surface area contributed by atoms with Crippen LogP contribution in [0.15, 0.2) is 59.6 Å². The van der Waals surface area contributed by atoms with Gasteiger partial charge in [-0.05, 0) is 24.3 Å². The van der Waals surface area contributed by atoms with Crippen molar-refractivity contribution in [2.45, 2.75) is 4.90 Å². The predicted octanol–water partition coefficient (Wildman–Crippen LogP) is 1.81. The van der Waals surface area contributed by atoms with Crippen molar-refractivity contribution >= 4 is 32.6 Å². The first-order chi connectivity index (χ1) is 11.4. The average Bonchev–Trinajstić information content (AvgIpc) is 2.55. The van der Waals surface area contributed by atoms with Crippen LogP contribution in [0, 0.1) is 0 Å². The number of carboxylic acid groups (broad SMARTS) is 1. The van der Waals surface area contributed by atoms with Crippen molar-refractivity contribution in [2.75, 3.05) is 4.72 Å². The van der Waals surface area contributed by atoms with Crippen LogP contribution in [0.25, 0.3) is 10.9 Å². The molecule has 0 atom stereocenters. The zero-order valence-electron chi connectivity index (χ0n) is 12.1. The third-order valence-electron chi connectivity index (χ3n) is 3.35. The Kier molecular flexibility index (Phi) is 3.82. The number of pyridine rings is 1. The minimum Gasteiger partial charge on any atom is -0.872 e. The molecule has 0 saturated heterocycles. The number of rotatable bonds is 4. The zero-order chi connectivity index (χ0) is 17.3. The Morgan fingerprint density at radius 2 is 1.88 bits per heavy atom. The molecule has 2 N–H and O–H groups in total. The SMILES string of the molecule is O=C(O)c1cc(NS(=O)(=O)c2cccc3cccnc23)ccc1[O-]. The van der Waals surface area contributed by atoms with Gasteiger partial charge in [0.25, 0.3) is 10.0 Å². The Hall–Kier alpha value is -3.13. The van der Waals surface area contributed by atoms with Gasteiger partial charge in [0.05, 0.1) is 11.1 Å². The van der Waals surface area contributed by atoms with E-state index in [0.717, 1.165) is 12.1 Å². The van der Waals surface area contributed by atoms with E-state index >= 15 is 0 Å². The number of nitrogens with zero attached hydrogens (tertiary/aromatic N) is 1. The van der Waals surface area contributed by atoms with E-state index in [2.05, 4.69) is 9.71 Å². The number of aromatic nitrogens is 1. The summed E-state index contributed by atoms with van der Waals surface area (Å²) < 4.78 is 27.5. The van der Waals surface area contributed by atoms with Crippen LogP contribution in [0.4, 0.5) is 5.69 Å². The van der Waals surface area contributed by atoms with Crippen molar-refractivity contribution in [3.8, 4) is 5.75 Å². The molecule has 0 spiro atoms.